The highest BCUT2D eigenvalue weighted by Gasteiger charge is 2.27. The normalized spacial score (nSPS) is 19.9. The number of likely N-dealkylation sites (N-methyl/N-ethyl adjacent to an activating group) is 1. The molecule has 2 aromatic heterocycles. The summed E-state index contributed by atoms with van der Waals surface area (Å²) in [6, 6.07) is 1.89. The zero-order valence-corrected chi connectivity index (χ0v) is 17.2. The van der Waals surface area contributed by atoms with E-state index < -0.39 is 0 Å². The third-order valence-corrected chi connectivity index (χ3v) is 6.00. The summed E-state index contributed by atoms with van der Waals surface area (Å²) in [4.78, 5) is 16.1. The van der Waals surface area contributed by atoms with Crippen molar-refractivity contribution in [3.63, 3.8) is 0 Å². The number of rotatable bonds is 5. The van der Waals surface area contributed by atoms with Crippen LogP contribution >= 0.6 is 0 Å². The molecule has 2 fully saturated rings. The monoisotopic (exact) mass is 385 g/mol. The third-order valence-electron chi connectivity index (χ3n) is 6.00. The fourth-order valence-electron chi connectivity index (χ4n) is 4.05. The Morgan fingerprint density at radius 3 is 2.50 bits per heavy atom. The molecule has 9 heteroatoms. The lowest BCUT2D eigenvalue weighted by atomic mass is 9.96. The van der Waals surface area contributed by atoms with Gasteiger partial charge in [-0.15, -0.1) is 10.2 Å². The number of piperidine rings is 1. The van der Waals surface area contributed by atoms with Crippen molar-refractivity contribution >= 4 is 11.8 Å². The highest BCUT2D eigenvalue weighted by molar-refractivity contribution is 5.41. The quantitative estimate of drug-likeness (QED) is 0.809. The van der Waals surface area contributed by atoms with Gasteiger partial charge >= 0.3 is 0 Å². The molecular formula is C19H31N9. The van der Waals surface area contributed by atoms with Crippen LogP contribution in [0, 0.1) is 0 Å². The zero-order valence-electron chi connectivity index (χ0n) is 17.2. The molecule has 4 heterocycles. The van der Waals surface area contributed by atoms with Crippen LogP contribution < -0.4 is 10.2 Å². The van der Waals surface area contributed by atoms with E-state index in [1.807, 2.05) is 19.3 Å². The van der Waals surface area contributed by atoms with E-state index in [-0.39, 0.29) is 0 Å². The first kappa shape index (κ1) is 19.1. The highest BCUT2D eigenvalue weighted by atomic mass is 15.3. The van der Waals surface area contributed by atoms with E-state index in [0.29, 0.717) is 5.92 Å². The molecule has 0 aliphatic carbocycles. The Morgan fingerprint density at radius 2 is 1.79 bits per heavy atom. The molecule has 0 amide bonds. The maximum Gasteiger partial charge on any atom is 0.227 e. The molecule has 2 aromatic rings. The first-order valence-electron chi connectivity index (χ1n) is 10.2. The average Bonchev–Trinajstić information content (AvgIpc) is 3.10. The SMILES string of the molecule is CNc1ccnc(N2CCC(c3nnc(CN4CCN(C)CC4)n3C)CC2)n1. The van der Waals surface area contributed by atoms with E-state index in [4.69, 9.17) is 0 Å². The van der Waals surface area contributed by atoms with Gasteiger partial charge in [-0.1, -0.05) is 0 Å². The molecule has 9 nitrogen and oxygen atoms in total. The Kier molecular flexibility index (Phi) is 5.72. The van der Waals surface area contributed by atoms with Gasteiger partial charge < -0.3 is 19.7 Å². The van der Waals surface area contributed by atoms with Gasteiger partial charge in [0.25, 0.3) is 0 Å². The summed E-state index contributed by atoms with van der Waals surface area (Å²) in [5.41, 5.74) is 0. The fraction of sp³-hybridized carbons (Fsp3) is 0.684. The van der Waals surface area contributed by atoms with Crippen LogP contribution in [0.4, 0.5) is 11.8 Å². The maximum atomic E-state index is 4.57. The van der Waals surface area contributed by atoms with Gasteiger partial charge in [0.1, 0.15) is 17.5 Å². The van der Waals surface area contributed by atoms with Gasteiger partial charge in [0.2, 0.25) is 5.95 Å². The van der Waals surface area contributed by atoms with Crippen LogP contribution in [0.5, 0.6) is 0 Å². The maximum absolute atomic E-state index is 4.57. The van der Waals surface area contributed by atoms with Gasteiger partial charge in [0.15, 0.2) is 0 Å². The Balaban J connectivity index is 1.36. The van der Waals surface area contributed by atoms with Crippen LogP contribution in [0.3, 0.4) is 0 Å². The smallest absolute Gasteiger partial charge is 0.227 e. The van der Waals surface area contributed by atoms with Crippen LogP contribution in [0.25, 0.3) is 0 Å². The fourth-order valence-corrected chi connectivity index (χ4v) is 4.05. The lowest BCUT2D eigenvalue weighted by Crippen LogP contribution is -2.44. The Bertz CT molecular complexity index is 773. The molecule has 0 bridgehead atoms. The summed E-state index contributed by atoms with van der Waals surface area (Å²) in [5, 5.41) is 12.2. The summed E-state index contributed by atoms with van der Waals surface area (Å²) in [5.74, 6) is 4.30. The van der Waals surface area contributed by atoms with Crippen molar-refractivity contribution in [1.29, 1.82) is 0 Å². The number of piperazine rings is 1. The van der Waals surface area contributed by atoms with Crippen molar-refractivity contribution < 1.29 is 0 Å². The second kappa shape index (κ2) is 8.40. The molecule has 28 heavy (non-hydrogen) atoms. The number of hydrogen-bond donors (Lipinski definition) is 1. The van der Waals surface area contributed by atoms with E-state index in [2.05, 4.69) is 58.8 Å². The summed E-state index contributed by atoms with van der Waals surface area (Å²) >= 11 is 0. The molecule has 4 rings (SSSR count). The number of aromatic nitrogens is 5. The van der Waals surface area contributed by atoms with Gasteiger partial charge in [-0.05, 0) is 26.0 Å². The first-order valence-corrected chi connectivity index (χ1v) is 10.2. The van der Waals surface area contributed by atoms with E-state index in [1.165, 1.54) is 0 Å². The molecule has 2 aliphatic heterocycles. The van der Waals surface area contributed by atoms with Gasteiger partial charge in [-0.2, -0.15) is 4.98 Å². The van der Waals surface area contributed by atoms with Crippen molar-refractivity contribution in [2.24, 2.45) is 7.05 Å². The average molecular weight is 386 g/mol. The van der Waals surface area contributed by atoms with Crippen LogP contribution in [0.15, 0.2) is 12.3 Å². The topological polar surface area (TPSA) is 78.2 Å². The predicted octanol–water partition coefficient (Wildman–Crippen LogP) is 0.778. The van der Waals surface area contributed by atoms with Crippen molar-refractivity contribution in [3.8, 4) is 0 Å². The predicted molar refractivity (Wildman–Crippen MR) is 110 cm³/mol. The van der Waals surface area contributed by atoms with E-state index in [1.54, 1.807) is 0 Å². The minimum atomic E-state index is 0.447. The van der Waals surface area contributed by atoms with E-state index >= 15 is 0 Å². The number of nitrogens with one attached hydrogen (secondary N) is 1. The minimum Gasteiger partial charge on any atom is -0.373 e. The zero-order chi connectivity index (χ0) is 19.5. The summed E-state index contributed by atoms with van der Waals surface area (Å²) in [6.45, 7) is 7.23. The molecule has 2 aliphatic rings. The van der Waals surface area contributed by atoms with Crippen LogP contribution in [-0.4, -0.2) is 87.9 Å². The lowest BCUT2D eigenvalue weighted by molar-refractivity contribution is 0.144. The molecular weight excluding hydrogens is 354 g/mol. The molecule has 0 unspecified atom stereocenters. The Labute approximate surface area is 166 Å². The highest BCUT2D eigenvalue weighted by Crippen LogP contribution is 2.28. The largest absolute Gasteiger partial charge is 0.373 e. The molecule has 0 saturated carbocycles. The standard InChI is InChI=1S/C19H31N9/c1-20-16-4-7-21-19(22-16)28-8-5-15(6-9-28)18-24-23-17(26(18)3)14-27-12-10-25(2)11-13-27/h4,7,15H,5-6,8-14H2,1-3H3,(H,20,21,22). The van der Waals surface area contributed by atoms with E-state index in [0.717, 1.165) is 82.1 Å². The summed E-state index contributed by atoms with van der Waals surface area (Å²) < 4.78 is 2.22. The first-order chi connectivity index (χ1) is 13.6. The second-order valence-corrected chi connectivity index (χ2v) is 7.87. The van der Waals surface area contributed by atoms with Crippen LogP contribution in [-0.2, 0) is 13.6 Å². The second-order valence-electron chi connectivity index (χ2n) is 7.87. The third kappa shape index (κ3) is 4.10. The molecule has 0 radical (unpaired) electrons. The van der Waals surface area contributed by atoms with Crippen LogP contribution in [0.2, 0.25) is 0 Å². The van der Waals surface area contributed by atoms with Crippen molar-refractivity contribution in [1.82, 2.24) is 34.5 Å². The molecule has 152 valence electrons. The Morgan fingerprint density at radius 1 is 1.04 bits per heavy atom. The van der Waals surface area contributed by atoms with Crippen molar-refractivity contribution in [2.45, 2.75) is 25.3 Å². The molecule has 0 aromatic carbocycles. The van der Waals surface area contributed by atoms with Gasteiger partial charge in [-0.3, -0.25) is 4.90 Å². The van der Waals surface area contributed by atoms with E-state index in [9.17, 15) is 0 Å². The van der Waals surface area contributed by atoms with Gasteiger partial charge in [-0.25, -0.2) is 4.98 Å². The molecule has 0 spiro atoms. The summed E-state index contributed by atoms with van der Waals surface area (Å²) in [6.07, 6.45) is 3.91. The van der Waals surface area contributed by atoms with Gasteiger partial charge in [0.05, 0.1) is 6.54 Å². The molecule has 1 N–H and O–H groups in total. The van der Waals surface area contributed by atoms with Crippen molar-refractivity contribution in [2.75, 3.05) is 63.6 Å². The van der Waals surface area contributed by atoms with Crippen LogP contribution in [0.1, 0.15) is 30.4 Å². The Hall–Kier alpha value is -2.26. The van der Waals surface area contributed by atoms with Crippen molar-refractivity contribution in [3.05, 3.63) is 23.9 Å². The number of hydrogen-bond acceptors (Lipinski definition) is 8. The molecule has 2 saturated heterocycles. The molecule has 0 atom stereocenters. The number of nitrogens with zero attached hydrogens (tertiary/aromatic N) is 8. The number of anilines is 2. The summed E-state index contributed by atoms with van der Waals surface area (Å²) in [7, 11) is 6.18. The minimum absolute atomic E-state index is 0.447. The lowest BCUT2D eigenvalue weighted by Gasteiger charge is -2.32. The van der Waals surface area contributed by atoms with Gasteiger partial charge in [0, 0.05) is 65.5 Å².